The summed E-state index contributed by atoms with van der Waals surface area (Å²) >= 11 is 6.29. The highest BCUT2D eigenvalue weighted by Crippen LogP contribution is 2.37. The molecular formula is C18H14N2O6S2. The lowest BCUT2D eigenvalue weighted by Crippen LogP contribution is -2.29. The van der Waals surface area contributed by atoms with Crippen LogP contribution in [0.15, 0.2) is 45.9 Å². The van der Waals surface area contributed by atoms with Crippen molar-refractivity contribution >= 4 is 51.9 Å². The Hall–Kier alpha value is -2.98. The Morgan fingerprint density at radius 2 is 2.07 bits per heavy atom. The number of carbonyl (C=O) groups is 2. The number of rotatable bonds is 7. The molecule has 1 fully saturated rings. The number of carboxylic acids is 1. The first-order valence-electron chi connectivity index (χ1n) is 8.17. The zero-order valence-electron chi connectivity index (χ0n) is 14.4. The number of carboxylic acid groups (broad SMARTS) is 1. The van der Waals surface area contributed by atoms with Gasteiger partial charge in [-0.1, -0.05) is 36.1 Å². The zero-order chi connectivity index (χ0) is 20.3. The van der Waals surface area contributed by atoms with Gasteiger partial charge in [-0.15, -0.1) is 0 Å². The first-order valence-corrected chi connectivity index (χ1v) is 9.39. The summed E-state index contributed by atoms with van der Waals surface area (Å²) in [5, 5.41) is 20.0. The van der Waals surface area contributed by atoms with E-state index in [9.17, 15) is 19.7 Å². The number of para-hydroxylation sites is 1. The average molecular weight is 418 g/mol. The second-order valence-electron chi connectivity index (χ2n) is 5.80. The lowest BCUT2D eigenvalue weighted by molar-refractivity contribution is -0.384. The number of thiocarbonyl (C=S) groups is 1. The highest BCUT2D eigenvalue weighted by atomic mass is 32.2. The quantitative estimate of drug-likeness (QED) is 0.311. The van der Waals surface area contributed by atoms with Gasteiger partial charge in [-0.2, -0.15) is 0 Å². The summed E-state index contributed by atoms with van der Waals surface area (Å²) in [7, 11) is 0. The fraction of sp³-hybridized carbons (Fsp3) is 0.167. The smallest absolute Gasteiger partial charge is 0.303 e. The normalized spacial score (nSPS) is 15.4. The Labute approximate surface area is 169 Å². The highest BCUT2D eigenvalue weighted by Gasteiger charge is 2.32. The van der Waals surface area contributed by atoms with Gasteiger partial charge >= 0.3 is 5.97 Å². The molecule has 3 rings (SSSR count). The molecule has 0 aliphatic carbocycles. The van der Waals surface area contributed by atoms with Crippen LogP contribution in [0, 0.1) is 10.1 Å². The SMILES string of the molecule is O=C(O)CCCN1C(=O)/C(=C/c2occc2-c2ccccc2[N+](=O)[O-])SC1=S. The summed E-state index contributed by atoms with van der Waals surface area (Å²) < 4.78 is 5.78. The van der Waals surface area contributed by atoms with Crippen LogP contribution in [0.25, 0.3) is 17.2 Å². The van der Waals surface area contributed by atoms with Crippen LogP contribution in [0.2, 0.25) is 0 Å². The fourth-order valence-electron chi connectivity index (χ4n) is 2.72. The standard InChI is InChI=1S/C18H14N2O6S2/c21-16(22)6-3-8-19-17(23)15(28-18(19)27)10-14-12(7-9-26-14)11-4-1-2-5-13(11)20(24)25/h1-2,4-5,7,9-10H,3,6,8H2,(H,21,22)/b15-10-. The second kappa shape index (κ2) is 8.36. The molecule has 1 aliphatic rings. The fourth-order valence-corrected chi connectivity index (χ4v) is 4.00. The molecule has 28 heavy (non-hydrogen) atoms. The average Bonchev–Trinajstić information content (AvgIpc) is 3.21. The number of thioether (sulfide) groups is 1. The van der Waals surface area contributed by atoms with Crippen LogP contribution >= 0.6 is 24.0 Å². The van der Waals surface area contributed by atoms with Gasteiger partial charge < -0.3 is 9.52 Å². The van der Waals surface area contributed by atoms with Crippen molar-refractivity contribution in [3.05, 3.63) is 57.4 Å². The lowest BCUT2D eigenvalue weighted by Gasteiger charge is -2.13. The summed E-state index contributed by atoms with van der Waals surface area (Å²) in [4.78, 5) is 35.7. The van der Waals surface area contributed by atoms with E-state index in [1.54, 1.807) is 24.3 Å². The van der Waals surface area contributed by atoms with E-state index in [0.717, 1.165) is 11.8 Å². The molecule has 0 radical (unpaired) electrons. The molecule has 0 unspecified atom stereocenters. The Kier molecular flexibility index (Phi) is 5.90. The summed E-state index contributed by atoms with van der Waals surface area (Å²) in [6.07, 6.45) is 3.13. The van der Waals surface area contributed by atoms with Crippen molar-refractivity contribution < 1.29 is 24.0 Å². The molecule has 1 aromatic heterocycles. The van der Waals surface area contributed by atoms with Gasteiger partial charge in [0, 0.05) is 30.7 Å². The van der Waals surface area contributed by atoms with Crippen molar-refractivity contribution in [3.8, 4) is 11.1 Å². The van der Waals surface area contributed by atoms with E-state index < -0.39 is 10.9 Å². The molecule has 10 heteroatoms. The van der Waals surface area contributed by atoms with E-state index in [4.69, 9.17) is 21.7 Å². The predicted octanol–water partition coefficient (Wildman–Crippen LogP) is 3.92. The maximum absolute atomic E-state index is 12.6. The largest absolute Gasteiger partial charge is 0.481 e. The van der Waals surface area contributed by atoms with E-state index in [1.165, 1.54) is 23.3 Å². The van der Waals surface area contributed by atoms with E-state index in [0.29, 0.717) is 26.1 Å². The molecule has 0 saturated carbocycles. The third-order valence-corrected chi connectivity index (χ3v) is 5.37. The number of carbonyl (C=O) groups excluding carboxylic acids is 1. The van der Waals surface area contributed by atoms with Gasteiger partial charge in [-0.25, -0.2) is 0 Å². The van der Waals surface area contributed by atoms with Crippen molar-refractivity contribution in [3.63, 3.8) is 0 Å². The Morgan fingerprint density at radius 3 is 2.79 bits per heavy atom. The summed E-state index contributed by atoms with van der Waals surface area (Å²) in [6.45, 7) is 0.212. The van der Waals surface area contributed by atoms with Gasteiger partial charge in [0.15, 0.2) is 0 Å². The van der Waals surface area contributed by atoms with Crippen LogP contribution in [0.4, 0.5) is 5.69 Å². The summed E-state index contributed by atoms with van der Waals surface area (Å²) in [6, 6.07) is 7.86. The minimum atomic E-state index is -0.939. The Morgan fingerprint density at radius 1 is 1.32 bits per heavy atom. The first-order chi connectivity index (χ1) is 13.4. The molecule has 1 aromatic carbocycles. The minimum Gasteiger partial charge on any atom is -0.481 e. The van der Waals surface area contributed by atoms with Crippen LogP contribution in [0.5, 0.6) is 0 Å². The number of amides is 1. The van der Waals surface area contributed by atoms with Crippen LogP contribution < -0.4 is 0 Å². The number of aliphatic carboxylic acids is 1. The van der Waals surface area contributed by atoms with Crippen LogP contribution in [0.1, 0.15) is 18.6 Å². The van der Waals surface area contributed by atoms with Crippen LogP contribution in [-0.4, -0.2) is 37.7 Å². The topological polar surface area (TPSA) is 114 Å². The first kappa shape index (κ1) is 19.8. The molecule has 8 nitrogen and oxygen atoms in total. The number of nitro benzene ring substituents is 1. The molecular weight excluding hydrogens is 404 g/mol. The molecule has 1 N–H and O–H groups in total. The van der Waals surface area contributed by atoms with Gasteiger partial charge in [-0.05, 0) is 18.6 Å². The molecule has 1 saturated heterocycles. The van der Waals surface area contributed by atoms with Crippen molar-refractivity contribution in [2.24, 2.45) is 0 Å². The monoisotopic (exact) mass is 418 g/mol. The third-order valence-electron chi connectivity index (χ3n) is 3.99. The number of nitrogens with zero attached hydrogens (tertiary/aromatic N) is 2. The van der Waals surface area contributed by atoms with E-state index >= 15 is 0 Å². The van der Waals surface area contributed by atoms with Gasteiger partial charge in [0.05, 0.1) is 21.7 Å². The zero-order valence-corrected chi connectivity index (χ0v) is 16.0. The van der Waals surface area contributed by atoms with Gasteiger partial charge in [0.25, 0.3) is 11.6 Å². The van der Waals surface area contributed by atoms with Crippen LogP contribution in [-0.2, 0) is 9.59 Å². The van der Waals surface area contributed by atoms with E-state index in [-0.39, 0.29) is 31.0 Å². The van der Waals surface area contributed by atoms with Gasteiger partial charge in [-0.3, -0.25) is 24.6 Å². The molecule has 0 atom stereocenters. The Bertz CT molecular complexity index is 997. The number of furan rings is 1. The van der Waals surface area contributed by atoms with Gasteiger partial charge in [0.1, 0.15) is 10.1 Å². The van der Waals surface area contributed by atoms with Gasteiger partial charge in [0.2, 0.25) is 0 Å². The van der Waals surface area contributed by atoms with Crippen molar-refractivity contribution in [2.45, 2.75) is 12.8 Å². The molecule has 1 amide bonds. The summed E-state index contributed by atoms with van der Waals surface area (Å²) in [5.41, 5.74) is 0.799. The predicted molar refractivity (Wildman–Crippen MR) is 108 cm³/mol. The van der Waals surface area contributed by atoms with Crippen molar-refractivity contribution in [1.82, 2.24) is 4.90 Å². The molecule has 0 bridgehead atoms. The molecule has 2 aromatic rings. The molecule has 1 aliphatic heterocycles. The van der Waals surface area contributed by atoms with Crippen molar-refractivity contribution in [2.75, 3.05) is 6.54 Å². The number of hydrogen-bond donors (Lipinski definition) is 1. The van der Waals surface area contributed by atoms with E-state index in [1.807, 2.05) is 0 Å². The molecule has 2 heterocycles. The number of benzene rings is 1. The maximum Gasteiger partial charge on any atom is 0.303 e. The second-order valence-corrected chi connectivity index (χ2v) is 7.48. The molecule has 0 spiro atoms. The lowest BCUT2D eigenvalue weighted by atomic mass is 10.0. The summed E-state index contributed by atoms with van der Waals surface area (Å²) in [5.74, 6) is -0.976. The molecule has 144 valence electrons. The Balaban J connectivity index is 1.87. The minimum absolute atomic E-state index is 0.0594. The van der Waals surface area contributed by atoms with E-state index in [2.05, 4.69) is 0 Å². The van der Waals surface area contributed by atoms with Crippen molar-refractivity contribution in [1.29, 1.82) is 0 Å². The van der Waals surface area contributed by atoms with Crippen LogP contribution in [0.3, 0.4) is 0 Å². The third kappa shape index (κ3) is 4.12. The number of nitro groups is 1. The maximum atomic E-state index is 12.6. The highest BCUT2D eigenvalue weighted by molar-refractivity contribution is 8.26. The number of hydrogen-bond acceptors (Lipinski definition) is 7.